The first-order valence-electron chi connectivity index (χ1n) is 9.31. The van der Waals surface area contributed by atoms with Gasteiger partial charge in [-0.2, -0.15) is 0 Å². The number of carbonyl (C=O) groups is 2. The SMILES string of the molecule is CC1CCN(C(=O)COC(=O)c2ccc3nc(Cl)ccc3c2)c2ccccc2S1. The fourth-order valence-corrected chi connectivity index (χ4v) is 4.53. The molecule has 3 aromatic rings. The fourth-order valence-electron chi connectivity index (χ4n) is 3.26. The number of rotatable bonds is 3. The standard InChI is InChI=1S/C22H19ClN2O3S/c1-14-10-11-25(18-4-2-3-5-19(18)29-14)21(26)13-28-22(27)16-6-8-17-15(12-16)7-9-20(23)24-17/h2-9,12,14H,10-11,13H2,1H3. The molecule has 7 heteroatoms. The Balaban J connectivity index is 1.47. The number of para-hydroxylation sites is 1. The molecule has 1 unspecified atom stereocenters. The topological polar surface area (TPSA) is 59.5 Å². The summed E-state index contributed by atoms with van der Waals surface area (Å²) in [6, 6.07) is 16.3. The summed E-state index contributed by atoms with van der Waals surface area (Å²) < 4.78 is 5.32. The zero-order valence-electron chi connectivity index (χ0n) is 15.8. The number of amides is 1. The van der Waals surface area contributed by atoms with Crippen molar-refractivity contribution < 1.29 is 14.3 Å². The first kappa shape index (κ1) is 19.7. The summed E-state index contributed by atoms with van der Waals surface area (Å²) in [5, 5.41) is 1.59. The summed E-state index contributed by atoms with van der Waals surface area (Å²) in [6.07, 6.45) is 0.874. The van der Waals surface area contributed by atoms with Gasteiger partial charge in [0.15, 0.2) is 6.61 Å². The number of nitrogens with zero attached hydrogens (tertiary/aromatic N) is 2. The number of hydrogen-bond acceptors (Lipinski definition) is 5. The van der Waals surface area contributed by atoms with Crippen LogP contribution in [0.25, 0.3) is 10.9 Å². The van der Waals surface area contributed by atoms with Gasteiger partial charge in [0, 0.05) is 22.1 Å². The summed E-state index contributed by atoms with van der Waals surface area (Å²) in [5.41, 5.74) is 1.93. The second-order valence-corrected chi connectivity index (χ2v) is 8.72. The maximum atomic E-state index is 12.8. The lowest BCUT2D eigenvalue weighted by Gasteiger charge is -2.22. The molecule has 0 aliphatic carbocycles. The van der Waals surface area contributed by atoms with Gasteiger partial charge in [-0.1, -0.05) is 30.7 Å². The molecule has 0 fully saturated rings. The molecule has 29 heavy (non-hydrogen) atoms. The number of anilines is 1. The lowest BCUT2D eigenvalue weighted by molar-refractivity contribution is -0.121. The summed E-state index contributed by atoms with van der Waals surface area (Å²) in [5.74, 6) is -0.768. The van der Waals surface area contributed by atoms with Gasteiger partial charge in [0.05, 0.1) is 16.8 Å². The molecule has 1 amide bonds. The molecule has 1 aromatic heterocycles. The molecular formula is C22H19ClN2O3S. The summed E-state index contributed by atoms with van der Waals surface area (Å²) in [4.78, 5) is 32.3. The molecule has 1 aliphatic rings. The van der Waals surface area contributed by atoms with E-state index in [1.807, 2.05) is 24.3 Å². The third-order valence-electron chi connectivity index (χ3n) is 4.76. The van der Waals surface area contributed by atoms with Crippen LogP contribution in [-0.4, -0.2) is 35.3 Å². The number of thioether (sulfide) groups is 1. The van der Waals surface area contributed by atoms with Gasteiger partial charge in [-0.25, -0.2) is 9.78 Å². The molecule has 0 saturated carbocycles. The molecule has 2 heterocycles. The highest BCUT2D eigenvalue weighted by Gasteiger charge is 2.25. The third kappa shape index (κ3) is 4.38. The van der Waals surface area contributed by atoms with Crippen molar-refractivity contribution in [3.05, 3.63) is 65.3 Å². The van der Waals surface area contributed by atoms with Crippen LogP contribution in [0.2, 0.25) is 5.15 Å². The van der Waals surface area contributed by atoms with Crippen molar-refractivity contribution in [2.24, 2.45) is 0 Å². The van der Waals surface area contributed by atoms with E-state index in [1.54, 1.807) is 47.0 Å². The first-order chi connectivity index (χ1) is 14.0. The van der Waals surface area contributed by atoms with E-state index < -0.39 is 5.97 Å². The minimum absolute atomic E-state index is 0.227. The highest BCUT2D eigenvalue weighted by atomic mass is 35.5. The van der Waals surface area contributed by atoms with Gasteiger partial charge in [0.2, 0.25) is 0 Å². The van der Waals surface area contributed by atoms with Crippen molar-refractivity contribution in [1.82, 2.24) is 4.98 Å². The molecule has 5 nitrogen and oxygen atoms in total. The quantitative estimate of drug-likeness (QED) is 0.437. The van der Waals surface area contributed by atoms with Gasteiger partial charge in [0.1, 0.15) is 5.15 Å². The molecule has 0 N–H and O–H groups in total. The Morgan fingerprint density at radius 3 is 2.90 bits per heavy atom. The first-order valence-corrected chi connectivity index (χ1v) is 10.6. The number of aromatic nitrogens is 1. The predicted molar refractivity (Wildman–Crippen MR) is 116 cm³/mol. The number of esters is 1. The Kier molecular flexibility index (Phi) is 5.74. The molecule has 2 aromatic carbocycles. The van der Waals surface area contributed by atoms with Crippen LogP contribution >= 0.6 is 23.4 Å². The van der Waals surface area contributed by atoms with Gasteiger partial charge >= 0.3 is 5.97 Å². The third-order valence-corrected chi connectivity index (χ3v) is 6.21. The lowest BCUT2D eigenvalue weighted by Crippen LogP contribution is -2.35. The van der Waals surface area contributed by atoms with Crippen LogP contribution < -0.4 is 4.90 Å². The normalized spacial score (nSPS) is 16.2. The molecule has 1 atom stereocenters. The van der Waals surface area contributed by atoms with Crippen molar-refractivity contribution in [3.63, 3.8) is 0 Å². The second-order valence-electron chi connectivity index (χ2n) is 6.85. The monoisotopic (exact) mass is 426 g/mol. The largest absolute Gasteiger partial charge is 0.452 e. The number of fused-ring (bicyclic) bond motifs is 2. The summed E-state index contributed by atoms with van der Waals surface area (Å²) in [6.45, 7) is 2.45. The molecule has 0 bridgehead atoms. The van der Waals surface area contributed by atoms with Gasteiger partial charge in [-0.05, 0) is 48.9 Å². The smallest absolute Gasteiger partial charge is 0.338 e. The molecule has 0 saturated heterocycles. The van der Waals surface area contributed by atoms with Crippen LogP contribution in [-0.2, 0) is 9.53 Å². The van der Waals surface area contributed by atoms with Crippen LogP contribution in [0.1, 0.15) is 23.7 Å². The molecular weight excluding hydrogens is 408 g/mol. The van der Waals surface area contributed by atoms with E-state index in [0.717, 1.165) is 22.4 Å². The zero-order valence-corrected chi connectivity index (χ0v) is 17.4. The number of carbonyl (C=O) groups excluding carboxylic acids is 2. The average molecular weight is 427 g/mol. The Labute approximate surface area is 178 Å². The van der Waals surface area contributed by atoms with E-state index in [1.165, 1.54) is 0 Å². The number of hydrogen-bond donors (Lipinski definition) is 0. The molecule has 0 radical (unpaired) electrons. The highest BCUT2D eigenvalue weighted by Crippen LogP contribution is 2.37. The zero-order chi connectivity index (χ0) is 20.4. The van der Waals surface area contributed by atoms with E-state index in [-0.39, 0.29) is 12.5 Å². The minimum Gasteiger partial charge on any atom is -0.452 e. The molecule has 1 aliphatic heterocycles. The van der Waals surface area contributed by atoms with Gasteiger partial charge in [-0.3, -0.25) is 4.79 Å². The van der Waals surface area contributed by atoms with Gasteiger partial charge in [0.25, 0.3) is 5.91 Å². The van der Waals surface area contributed by atoms with Gasteiger partial charge < -0.3 is 9.64 Å². The Hall–Kier alpha value is -2.57. The van der Waals surface area contributed by atoms with Crippen LogP contribution in [0, 0.1) is 0 Å². The molecule has 4 rings (SSSR count). The number of halogens is 1. The second kappa shape index (κ2) is 8.43. The fraction of sp³-hybridized carbons (Fsp3) is 0.227. The highest BCUT2D eigenvalue weighted by molar-refractivity contribution is 8.00. The Morgan fingerprint density at radius 2 is 2.03 bits per heavy atom. The van der Waals surface area contributed by atoms with E-state index >= 15 is 0 Å². The summed E-state index contributed by atoms with van der Waals surface area (Å²) in [7, 11) is 0. The van der Waals surface area contributed by atoms with Crippen molar-refractivity contribution in [2.45, 2.75) is 23.5 Å². The van der Waals surface area contributed by atoms with Gasteiger partial charge in [-0.15, -0.1) is 11.8 Å². The Morgan fingerprint density at radius 1 is 1.21 bits per heavy atom. The van der Waals surface area contributed by atoms with Crippen molar-refractivity contribution in [3.8, 4) is 0 Å². The minimum atomic E-state index is -0.541. The van der Waals surface area contributed by atoms with Crippen molar-refractivity contribution in [2.75, 3.05) is 18.1 Å². The number of benzene rings is 2. The van der Waals surface area contributed by atoms with Crippen molar-refractivity contribution in [1.29, 1.82) is 0 Å². The van der Waals surface area contributed by atoms with E-state index in [9.17, 15) is 9.59 Å². The van der Waals surface area contributed by atoms with Crippen LogP contribution in [0.3, 0.4) is 0 Å². The Bertz CT molecular complexity index is 1090. The number of ether oxygens (including phenoxy) is 1. The van der Waals surface area contributed by atoms with Crippen LogP contribution in [0.4, 0.5) is 5.69 Å². The van der Waals surface area contributed by atoms with E-state index in [2.05, 4.69) is 11.9 Å². The predicted octanol–water partition coefficient (Wildman–Crippen LogP) is 4.96. The summed E-state index contributed by atoms with van der Waals surface area (Å²) >= 11 is 7.65. The molecule has 148 valence electrons. The molecule has 0 spiro atoms. The van der Waals surface area contributed by atoms with Crippen LogP contribution in [0.15, 0.2) is 59.5 Å². The van der Waals surface area contributed by atoms with E-state index in [4.69, 9.17) is 16.3 Å². The average Bonchev–Trinajstić information content (AvgIpc) is 2.89. The van der Waals surface area contributed by atoms with Crippen molar-refractivity contribution >= 4 is 51.8 Å². The lowest BCUT2D eigenvalue weighted by atomic mass is 10.1. The van der Waals surface area contributed by atoms with Crippen LogP contribution in [0.5, 0.6) is 0 Å². The van der Waals surface area contributed by atoms with E-state index in [0.29, 0.717) is 28.0 Å². The maximum Gasteiger partial charge on any atom is 0.338 e. The number of pyridine rings is 1. The maximum absolute atomic E-state index is 12.8.